The standard InChI is InChI=1S/C14H27N3O3/c1-6-17(14(3,4)12(18)19)13(20)16-9-7-8-15(5)10-11(16)2/h11H,6-10H2,1-5H3,(H,18,19). The Morgan fingerprint density at radius 3 is 2.45 bits per heavy atom. The van der Waals surface area contributed by atoms with E-state index in [0.29, 0.717) is 13.1 Å². The molecule has 0 aromatic rings. The van der Waals surface area contributed by atoms with Crippen LogP contribution in [0.15, 0.2) is 0 Å². The summed E-state index contributed by atoms with van der Waals surface area (Å²) in [5, 5.41) is 9.33. The number of amides is 2. The third-order valence-electron chi connectivity index (χ3n) is 4.04. The molecular weight excluding hydrogens is 258 g/mol. The Bertz CT molecular complexity index is 371. The third-order valence-corrected chi connectivity index (χ3v) is 4.04. The summed E-state index contributed by atoms with van der Waals surface area (Å²) in [5.41, 5.74) is -1.19. The quantitative estimate of drug-likeness (QED) is 0.849. The number of carboxylic acids is 1. The van der Waals surface area contributed by atoms with Gasteiger partial charge in [-0.2, -0.15) is 0 Å². The van der Waals surface area contributed by atoms with Gasteiger partial charge in [0.25, 0.3) is 0 Å². The molecule has 0 aromatic heterocycles. The minimum atomic E-state index is -1.19. The number of nitrogens with zero attached hydrogens (tertiary/aromatic N) is 3. The highest BCUT2D eigenvalue weighted by atomic mass is 16.4. The van der Waals surface area contributed by atoms with Crippen LogP contribution in [0.1, 0.15) is 34.1 Å². The summed E-state index contributed by atoms with van der Waals surface area (Å²) in [5.74, 6) is -0.979. The maximum absolute atomic E-state index is 12.7. The fourth-order valence-electron chi connectivity index (χ4n) is 2.70. The number of hydrogen-bond donors (Lipinski definition) is 1. The van der Waals surface area contributed by atoms with Crippen molar-refractivity contribution in [3.63, 3.8) is 0 Å². The number of carboxylic acid groups (broad SMARTS) is 1. The number of urea groups is 1. The van der Waals surface area contributed by atoms with Gasteiger partial charge in [0.05, 0.1) is 0 Å². The molecule has 1 unspecified atom stereocenters. The molecule has 2 amide bonds. The molecular formula is C14H27N3O3. The van der Waals surface area contributed by atoms with Crippen LogP contribution in [0, 0.1) is 0 Å². The van der Waals surface area contributed by atoms with E-state index in [9.17, 15) is 14.7 Å². The number of aliphatic carboxylic acids is 1. The molecule has 1 aliphatic rings. The third kappa shape index (κ3) is 3.42. The van der Waals surface area contributed by atoms with Crippen LogP contribution in [-0.4, -0.2) is 76.6 Å². The molecule has 20 heavy (non-hydrogen) atoms. The molecule has 1 saturated heterocycles. The first-order valence-electron chi connectivity index (χ1n) is 7.22. The summed E-state index contributed by atoms with van der Waals surface area (Å²) >= 11 is 0. The van der Waals surface area contributed by atoms with Gasteiger partial charge in [-0.25, -0.2) is 9.59 Å². The lowest BCUT2D eigenvalue weighted by molar-refractivity contribution is -0.147. The highest BCUT2D eigenvalue weighted by Crippen LogP contribution is 2.19. The van der Waals surface area contributed by atoms with E-state index in [1.54, 1.807) is 18.7 Å². The number of rotatable bonds is 3. The van der Waals surface area contributed by atoms with Crippen LogP contribution in [0.2, 0.25) is 0 Å². The Kier molecular flexibility index (Phi) is 5.39. The second-order valence-electron chi connectivity index (χ2n) is 6.05. The van der Waals surface area contributed by atoms with Crippen molar-refractivity contribution in [1.82, 2.24) is 14.7 Å². The minimum absolute atomic E-state index is 0.0913. The van der Waals surface area contributed by atoms with Crippen LogP contribution in [0.4, 0.5) is 4.79 Å². The smallest absolute Gasteiger partial charge is 0.329 e. The predicted molar refractivity (Wildman–Crippen MR) is 77.8 cm³/mol. The maximum atomic E-state index is 12.7. The summed E-state index contributed by atoms with van der Waals surface area (Å²) in [6.07, 6.45) is 0.914. The number of hydrogen-bond acceptors (Lipinski definition) is 3. The van der Waals surface area contributed by atoms with E-state index < -0.39 is 11.5 Å². The molecule has 1 fully saturated rings. The van der Waals surface area contributed by atoms with Crippen molar-refractivity contribution in [2.24, 2.45) is 0 Å². The lowest BCUT2D eigenvalue weighted by atomic mass is 10.0. The topological polar surface area (TPSA) is 64.1 Å². The average Bonchev–Trinajstić information content (AvgIpc) is 2.50. The molecule has 6 nitrogen and oxygen atoms in total. The molecule has 0 spiro atoms. The summed E-state index contributed by atoms with van der Waals surface area (Å²) < 4.78 is 0. The SMILES string of the molecule is CCN(C(=O)N1CCCN(C)CC1C)C(C)(C)C(=O)O. The van der Waals surface area contributed by atoms with Crippen LogP contribution in [0.25, 0.3) is 0 Å². The van der Waals surface area contributed by atoms with E-state index >= 15 is 0 Å². The van der Waals surface area contributed by atoms with Crippen LogP contribution < -0.4 is 0 Å². The van der Waals surface area contributed by atoms with Crippen LogP contribution in [-0.2, 0) is 4.79 Å². The molecule has 116 valence electrons. The number of carbonyl (C=O) groups is 2. The zero-order chi connectivity index (χ0) is 15.5. The van der Waals surface area contributed by atoms with E-state index in [0.717, 1.165) is 19.5 Å². The first kappa shape index (κ1) is 16.8. The van der Waals surface area contributed by atoms with Crippen molar-refractivity contribution in [2.45, 2.75) is 45.7 Å². The fraction of sp³-hybridized carbons (Fsp3) is 0.857. The van der Waals surface area contributed by atoms with Crippen molar-refractivity contribution in [3.8, 4) is 0 Å². The monoisotopic (exact) mass is 285 g/mol. The van der Waals surface area contributed by atoms with Crippen molar-refractivity contribution >= 4 is 12.0 Å². The van der Waals surface area contributed by atoms with E-state index in [1.807, 2.05) is 20.9 Å². The largest absolute Gasteiger partial charge is 0.480 e. The molecule has 0 saturated carbocycles. The van der Waals surface area contributed by atoms with E-state index in [2.05, 4.69) is 4.90 Å². The molecule has 1 N–H and O–H groups in total. The first-order valence-corrected chi connectivity index (χ1v) is 7.22. The van der Waals surface area contributed by atoms with Gasteiger partial charge in [-0.1, -0.05) is 0 Å². The fourth-order valence-corrected chi connectivity index (χ4v) is 2.70. The zero-order valence-electron chi connectivity index (χ0n) is 13.2. The molecule has 0 radical (unpaired) electrons. The van der Waals surface area contributed by atoms with Crippen LogP contribution >= 0.6 is 0 Å². The molecule has 6 heteroatoms. The second-order valence-corrected chi connectivity index (χ2v) is 6.05. The van der Waals surface area contributed by atoms with E-state index in [-0.39, 0.29) is 12.1 Å². The predicted octanol–water partition coefficient (Wildman–Crippen LogP) is 1.32. The summed E-state index contributed by atoms with van der Waals surface area (Å²) in [4.78, 5) is 29.6. The summed E-state index contributed by atoms with van der Waals surface area (Å²) in [6.45, 7) is 9.82. The average molecular weight is 285 g/mol. The summed E-state index contributed by atoms with van der Waals surface area (Å²) in [7, 11) is 2.04. The number of likely N-dealkylation sites (N-methyl/N-ethyl adjacent to an activating group) is 2. The zero-order valence-corrected chi connectivity index (χ0v) is 13.2. The van der Waals surface area contributed by atoms with Gasteiger partial charge in [0.2, 0.25) is 0 Å². The lowest BCUT2D eigenvalue weighted by Crippen LogP contribution is -2.58. The van der Waals surface area contributed by atoms with Crippen LogP contribution in [0.5, 0.6) is 0 Å². The molecule has 1 rings (SSSR count). The van der Waals surface area contributed by atoms with Crippen molar-refractivity contribution in [3.05, 3.63) is 0 Å². The van der Waals surface area contributed by atoms with Crippen molar-refractivity contribution < 1.29 is 14.7 Å². The van der Waals surface area contributed by atoms with Crippen LogP contribution in [0.3, 0.4) is 0 Å². The van der Waals surface area contributed by atoms with Crippen molar-refractivity contribution in [2.75, 3.05) is 33.2 Å². The Labute approximate surface area is 121 Å². The molecule has 1 atom stereocenters. The molecule has 0 aliphatic carbocycles. The highest BCUT2D eigenvalue weighted by molar-refractivity contribution is 5.85. The number of carbonyl (C=O) groups excluding carboxylic acids is 1. The van der Waals surface area contributed by atoms with Gasteiger partial charge in [0.1, 0.15) is 5.54 Å². The maximum Gasteiger partial charge on any atom is 0.329 e. The van der Waals surface area contributed by atoms with Gasteiger partial charge in [0, 0.05) is 25.7 Å². The lowest BCUT2D eigenvalue weighted by Gasteiger charge is -2.39. The Morgan fingerprint density at radius 1 is 1.35 bits per heavy atom. The van der Waals surface area contributed by atoms with E-state index in [1.165, 1.54) is 4.90 Å². The van der Waals surface area contributed by atoms with Gasteiger partial charge in [0.15, 0.2) is 0 Å². The minimum Gasteiger partial charge on any atom is -0.480 e. The van der Waals surface area contributed by atoms with Gasteiger partial charge < -0.3 is 19.8 Å². The van der Waals surface area contributed by atoms with Gasteiger partial charge >= 0.3 is 12.0 Å². The summed E-state index contributed by atoms with van der Waals surface area (Å²) in [6, 6.07) is -0.0867. The first-order chi connectivity index (χ1) is 9.21. The van der Waals surface area contributed by atoms with E-state index in [4.69, 9.17) is 0 Å². The molecule has 1 heterocycles. The normalized spacial score (nSPS) is 21.4. The Morgan fingerprint density at radius 2 is 1.95 bits per heavy atom. The van der Waals surface area contributed by atoms with Gasteiger partial charge in [-0.05, 0) is 47.7 Å². The Balaban J connectivity index is 2.93. The molecule has 1 aliphatic heterocycles. The highest BCUT2D eigenvalue weighted by Gasteiger charge is 2.40. The Hall–Kier alpha value is -1.30. The van der Waals surface area contributed by atoms with Crippen molar-refractivity contribution in [1.29, 1.82) is 0 Å². The van der Waals surface area contributed by atoms with Gasteiger partial charge in [-0.3, -0.25) is 0 Å². The molecule has 0 bridgehead atoms. The van der Waals surface area contributed by atoms with Gasteiger partial charge in [-0.15, -0.1) is 0 Å². The second kappa shape index (κ2) is 6.43. The molecule has 0 aromatic carbocycles.